The molecule has 0 saturated carbocycles. The van der Waals surface area contributed by atoms with Crippen molar-refractivity contribution in [2.24, 2.45) is 0 Å². The number of benzene rings is 2. The number of rotatable bonds is 6. The number of amides is 1. The lowest BCUT2D eigenvalue weighted by Gasteiger charge is -2.18. The first-order chi connectivity index (χ1) is 13.9. The molecule has 0 aliphatic heterocycles. The summed E-state index contributed by atoms with van der Waals surface area (Å²) in [5, 5.41) is 13.5. The van der Waals surface area contributed by atoms with Gasteiger partial charge in [-0.05, 0) is 35.0 Å². The van der Waals surface area contributed by atoms with E-state index in [4.69, 9.17) is 9.15 Å². The number of halogens is 1. The van der Waals surface area contributed by atoms with Crippen molar-refractivity contribution >= 4 is 39.2 Å². The Morgan fingerprint density at radius 3 is 2.48 bits per heavy atom. The van der Waals surface area contributed by atoms with Gasteiger partial charge < -0.3 is 14.5 Å². The molecule has 0 saturated heterocycles. The summed E-state index contributed by atoms with van der Waals surface area (Å²) in [5.74, 6) is -0.941. The average Bonchev–Trinajstić information content (AvgIpc) is 3.14. The fourth-order valence-corrected chi connectivity index (χ4v) is 3.05. The molecule has 29 heavy (non-hydrogen) atoms. The normalized spacial score (nSPS) is 11.5. The highest BCUT2D eigenvalue weighted by Crippen LogP contribution is 2.29. The maximum atomic E-state index is 12.9. The van der Waals surface area contributed by atoms with Gasteiger partial charge in [0.1, 0.15) is 11.3 Å². The molecule has 8 nitrogen and oxygen atoms in total. The van der Waals surface area contributed by atoms with Crippen LogP contribution in [0.5, 0.6) is 0 Å². The molecule has 1 N–H and O–H groups in total. The van der Waals surface area contributed by atoms with Crippen molar-refractivity contribution in [3.05, 3.63) is 92.3 Å². The molecule has 148 valence electrons. The Kier molecular flexibility index (Phi) is 6.08. The predicted molar refractivity (Wildman–Crippen MR) is 107 cm³/mol. The molecule has 3 aromatic rings. The zero-order valence-corrected chi connectivity index (χ0v) is 16.7. The van der Waals surface area contributed by atoms with E-state index >= 15 is 0 Å². The van der Waals surface area contributed by atoms with E-state index in [0.29, 0.717) is 21.5 Å². The van der Waals surface area contributed by atoms with Gasteiger partial charge in [-0.3, -0.25) is 14.9 Å². The van der Waals surface area contributed by atoms with Crippen LogP contribution < -0.4 is 5.32 Å². The number of esters is 1. The van der Waals surface area contributed by atoms with Crippen LogP contribution in [-0.4, -0.2) is 16.8 Å². The summed E-state index contributed by atoms with van der Waals surface area (Å²) < 4.78 is 10.9. The molecule has 0 bridgehead atoms. The van der Waals surface area contributed by atoms with E-state index in [1.54, 1.807) is 37.3 Å². The molecule has 0 aliphatic carbocycles. The van der Waals surface area contributed by atoms with E-state index in [0.717, 1.165) is 0 Å². The molecule has 1 unspecified atom stereocenters. The lowest BCUT2D eigenvalue weighted by atomic mass is 10.1. The first-order valence-corrected chi connectivity index (χ1v) is 9.21. The first-order valence-electron chi connectivity index (χ1n) is 8.41. The van der Waals surface area contributed by atoms with Crippen molar-refractivity contribution in [1.29, 1.82) is 0 Å². The van der Waals surface area contributed by atoms with E-state index in [2.05, 4.69) is 21.2 Å². The Morgan fingerprint density at radius 1 is 1.17 bits per heavy atom. The van der Waals surface area contributed by atoms with Crippen molar-refractivity contribution in [3.8, 4) is 0 Å². The Morgan fingerprint density at radius 2 is 1.90 bits per heavy atom. The third kappa shape index (κ3) is 4.69. The largest absolute Gasteiger partial charge is 0.469 e. The topological polar surface area (TPSA) is 112 Å². The molecule has 9 heteroatoms. The number of furan rings is 1. The van der Waals surface area contributed by atoms with Crippen LogP contribution in [0.1, 0.15) is 27.8 Å². The molecule has 0 radical (unpaired) electrons. The van der Waals surface area contributed by atoms with Crippen molar-refractivity contribution in [1.82, 2.24) is 0 Å². The number of hydrogen-bond donors (Lipinski definition) is 1. The smallest absolute Gasteiger partial charge is 0.342 e. The van der Waals surface area contributed by atoms with Crippen molar-refractivity contribution in [2.45, 2.75) is 13.0 Å². The fourth-order valence-electron chi connectivity index (χ4n) is 2.59. The van der Waals surface area contributed by atoms with E-state index in [1.807, 2.05) is 0 Å². The lowest BCUT2D eigenvalue weighted by molar-refractivity contribution is -0.384. The maximum Gasteiger partial charge on any atom is 0.342 e. The van der Waals surface area contributed by atoms with Gasteiger partial charge in [-0.2, -0.15) is 0 Å². The summed E-state index contributed by atoms with van der Waals surface area (Å²) in [6, 6.07) is 13.9. The minimum atomic E-state index is -1.24. The van der Waals surface area contributed by atoms with Gasteiger partial charge in [-0.1, -0.05) is 30.3 Å². The first kappa shape index (κ1) is 20.3. The van der Waals surface area contributed by atoms with E-state index in [1.165, 1.54) is 30.5 Å². The lowest BCUT2D eigenvalue weighted by Crippen LogP contribution is -2.26. The molecular weight excluding hydrogens is 444 g/mol. The van der Waals surface area contributed by atoms with Gasteiger partial charge in [0, 0.05) is 22.2 Å². The van der Waals surface area contributed by atoms with Gasteiger partial charge in [-0.15, -0.1) is 0 Å². The molecule has 3 rings (SSSR count). The summed E-state index contributed by atoms with van der Waals surface area (Å²) in [7, 11) is 0. The molecule has 0 aliphatic rings. The highest BCUT2D eigenvalue weighted by molar-refractivity contribution is 9.10. The Balaban J connectivity index is 1.86. The van der Waals surface area contributed by atoms with E-state index in [-0.39, 0.29) is 11.3 Å². The number of nitrogens with one attached hydrogen (secondary N) is 1. The molecule has 1 heterocycles. The summed E-state index contributed by atoms with van der Waals surface area (Å²) in [4.78, 5) is 35.7. The highest BCUT2D eigenvalue weighted by Gasteiger charge is 2.27. The summed E-state index contributed by atoms with van der Waals surface area (Å²) in [5.41, 5.74) is 0.862. The van der Waals surface area contributed by atoms with Crippen LogP contribution in [0.2, 0.25) is 0 Å². The number of nitro benzene ring substituents is 1. The summed E-state index contributed by atoms with van der Waals surface area (Å²) in [6.45, 7) is 1.61. The second kappa shape index (κ2) is 8.70. The number of ether oxygens (including phenoxy) is 1. The minimum absolute atomic E-state index is 0.128. The van der Waals surface area contributed by atoms with Crippen LogP contribution in [0, 0.1) is 17.0 Å². The van der Waals surface area contributed by atoms with Gasteiger partial charge >= 0.3 is 5.97 Å². The molecule has 0 fully saturated rings. The number of carbonyl (C=O) groups is 2. The molecule has 1 amide bonds. The SMILES string of the molecule is Cc1occc1C(=O)OC(C(=O)Nc1ccc([N+](=O)[O-])cc1Br)c1ccccc1. The monoisotopic (exact) mass is 458 g/mol. The van der Waals surface area contributed by atoms with Gasteiger partial charge in [-0.25, -0.2) is 4.79 Å². The second-order valence-electron chi connectivity index (χ2n) is 6.00. The number of nitro groups is 1. The van der Waals surface area contributed by atoms with Crippen LogP contribution in [0.25, 0.3) is 0 Å². The van der Waals surface area contributed by atoms with Crippen molar-refractivity contribution in [2.75, 3.05) is 5.32 Å². The quantitative estimate of drug-likeness (QED) is 0.322. The standard InChI is InChI=1S/C20H15BrN2O6/c1-12-15(9-10-28-12)20(25)29-18(13-5-3-2-4-6-13)19(24)22-17-8-7-14(23(26)27)11-16(17)21/h2-11,18H,1H3,(H,22,24). The van der Waals surface area contributed by atoms with Crippen LogP contribution in [0.3, 0.4) is 0 Å². The number of carbonyl (C=O) groups excluding carboxylic acids is 2. The van der Waals surface area contributed by atoms with Gasteiger partial charge in [0.05, 0.1) is 16.9 Å². The second-order valence-corrected chi connectivity index (χ2v) is 6.85. The van der Waals surface area contributed by atoms with E-state index in [9.17, 15) is 19.7 Å². The molecule has 1 atom stereocenters. The van der Waals surface area contributed by atoms with Crippen LogP contribution in [-0.2, 0) is 9.53 Å². The number of anilines is 1. The van der Waals surface area contributed by atoms with E-state index < -0.39 is 22.9 Å². The third-order valence-electron chi connectivity index (χ3n) is 4.07. The molecule has 2 aromatic carbocycles. The average molecular weight is 459 g/mol. The Bertz CT molecular complexity index is 1060. The number of aryl methyl sites for hydroxylation is 1. The van der Waals surface area contributed by atoms with Crippen LogP contribution in [0.15, 0.2) is 69.8 Å². The zero-order valence-electron chi connectivity index (χ0n) is 15.1. The minimum Gasteiger partial charge on any atom is -0.469 e. The molecule has 1 aromatic heterocycles. The van der Waals surface area contributed by atoms with Gasteiger partial charge in [0.2, 0.25) is 6.10 Å². The number of nitrogens with zero attached hydrogens (tertiary/aromatic N) is 1. The summed E-state index contributed by atoms with van der Waals surface area (Å²) >= 11 is 3.20. The molecular formula is C20H15BrN2O6. The number of non-ortho nitro benzene ring substituents is 1. The van der Waals surface area contributed by atoms with Crippen molar-refractivity contribution in [3.63, 3.8) is 0 Å². The predicted octanol–water partition coefficient (Wildman–Crippen LogP) is 4.80. The number of hydrogen-bond acceptors (Lipinski definition) is 6. The van der Waals surface area contributed by atoms with Crippen LogP contribution in [0.4, 0.5) is 11.4 Å². The highest BCUT2D eigenvalue weighted by atomic mass is 79.9. The maximum absolute atomic E-state index is 12.9. The summed E-state index contributed by atoms with van der Waals surface area (Å²) in [6.07, 6.45) is 0.123. The fraction of sp³-hybridized carbons (Fsp3) is 0.100. The third-order valence-corrected chi connectivity index (χ3v) is 4.72. The van der Waals surface area contributed by atoms with Gasteiger partial charge in [0.15, 0.2) is 0 Å². The Labute approximate surface area is 173 Å². The van der Waals surface area contributed by atoms with Crippen LogP contribution >= 0.6 is 15.9 Å². The Hall–Kier alpha value is -3.46. The molecule has 0 spiro atoms. The zero-order chi connectivity index (χ0) is 21.0. The van der Waals surface area contributed by atoms with Gasteiger partial charge in [0.25, 0.3) is 11.6 Å². The van der Waals surface area contributed by atoms with Crippen molar-refractivity contribution < 1.29 is 23.7 Å².